The van der Waals surface area contributed by atoms with Crippen LogP contribution in [-0.4, -0.2) is 30.7 Å². The second kappa shape index (κ2) is 5.83. The Balaban J connectivity index is 1.78. The summed E-state index contributed by atoms with van der Waals surface area (Å²) >= 11 is 0. The minimum Gasteiger partial charge on any atom is -0.486 e. The topological polar surface area (TPSA) is 21.7 Å². The van der Waals surface area contributed by atoms with Crippen molar-refractivity contribution in [3.63, 3.8) is 0 Å². The van der Waals surface area contributed by atoms with E-state index in [9.17, 15) is 0 Å². The third-order valence-corrected chi connectivity index (χ3v) is 4.24. The smallest absolute Gasteiger partial charge is 0.165 e. The van der Waals surface area contributed by atoms with Crippen LogP contribution in [0.3, 0.4) is 0 Å². The Bertz CT molecular complexity index is 433. The minimum absolute atomic E-state index is 0.664. The van der Waals surface area contributed by atoms with E-state index >= 15 is 0 Å². The molecule has 3 rings (SSSR count). The Morgan fingerprint density at radius 1 is 1.21 bits per heavy atom. The number of nitrogens with zero attached hydrogens (tertiary/aromatic N) is 1. The van der Waals surface area contributed by atoms with Crippen LogP contribution in [0.1, 0.15) is 38.2 Å². The molecule has 1 saturated heterocycles. The van der Waals surface area contributed by atoms with E-state index in [-0.39, 0.29) is 0 Å². The fourth-order valence-electron chi connectivity index (χ4n) is 3.21. The van der Waals surface area contributed by atoms with Crippen molar-refractivity contribution in [3.8, 4) is 11.5 Å². The van der Waals surface area contributed by atoms with Gasteiger partial charge in [0.05, 0.1) is 0 Å². The van der Waals surface area contributed by atoms with E-state index in [0.29, 0.717) is 13.2 Å². The van der Waals surface area contributed by atoms with Gasteiger partial charge in [0, 0.05) is 18.2 Å². The van der Waals surface area contributed by atoms with Crippen molar-refractivity contribution in [2.75, 3.05) is 19.8 Å². The number of rotatable bonds is 3. The first kappa shape index (κ1) is 12.8. The molecule has 2 aliphatic heterocycles. The van der Waals surface area contributed by atoms with Crippen molar-refractivity contribution >= 4 is 0 Å². The number of hydrogen-bond donors (Lipinski definition) is 0. The molecule has 3 nitrogen and oxygen atoms in total. The highest BCUT2D eigenvalue weighted by molar-refractivity contribution is 5.47. The highest BCUT2D eigenvalue weighted by Crippen LogP contribution is 2.35. The van der Waals surface area contributed by atoms with Gasteiger partial charge >= 0.3 is 0 Å². The Hall–Kier alpha value is -1.22. The number of piperidine rings is 1. The maximum atomic E-state index is 5.81. The first-order valence-electron chi connectivity index (χ1n) is 7.50. The van der Waals surface area contributed by atoms with Crippen molar-refractivity contribution < 1.29 is 9.47 Å². The molecule has 0 saturated carbocycles. The molecule has 0 aliphatic carbocycles. The summed E-state index contributed by atoms with van der Waals surface area (Å²) in [5.74, 6) is 1.88. The van der Waals surface area contributed by atoms with E-state index in [1.165, 1.54) is 37.8 Å². The van der Waals surface area contributed by atoms with Crippen LogP contribution < -0.4 is 9.47 Å². The summed E-state index contributed by atoms with van der Waals surface area (Å²) in [7, 11) is 0. The quantitative estimate of drug-likeness (QED) is 0.834. The van der Waals surface area contributed by atoms with Gasteiger partial charge in [-0.3, -0.25) is 4.90 Å². The number of hydrogen-bond acceptors (Lipinski definition) is 3. The molecule has 0 radical (unpaired) electrons. The van der Waals surface area contributed by atoms with Crippen molar-refractivity contribution in [1.82, 2.24) is 4.90 Å². The van der Waals surface area contributed by atoms with Gasteiger partial charge in [-0.25, -0.2) is 0 Å². The zero-order valence-corrected chi connectivity index (χ0v) is 11.7. The van der Waals surface area contributed by atoms with Gasteiger partial charge in [-0.2, -0.15) is 0 Å². The van der Waals surface area contributed by atoms with Crippen molar-refractivity contribution in [2.24, 2.45) is 0 Å². The first-order valence-corrected chi connectivity index (χ1v) is 7.50. The molecule has 2 heterocycles. The first-order chi connectivity index (χ1) is 9.38. The van der Waals surface area contributed by atoms with Crippen LogP contribution in [0.4, 0.5) is 0 Å². The Morgan fingerprint density at radius 2 is 2.11 bits per heavy atom. The predicted octanol–water partition coefficient (Wildman–Crippen LogP) is 3.22. The molecule has 1 fully saturated rings. The van der Waals surface area contributed by atoms with E-state index in [0.717, 1.165) is 24.1 Å². The summed E-state index contributed by atoms with van der Waals surface area (Å²) in [5, 5.41) is 0. The van der Waals surface area contributed by atoms with Crippen LogP contribution >= 0.6 is 0 Å². The largest absolute Gasteiger partial charge is 0.486 e. The van der Waals surface area contributed by atoms with Gasteiger partial charge in [0.2, 0.25) is 0 Å². The molecular weight excluding hydrogens is 238 g/mol. The molecule has 0 spiro atoms. The van der Waals surface area contributed by atoms with Crippen LogP contribution in [0.5, 0.6) is 11.5 Å². The highest BCUT2D eigenvalue weighted by Gasteiger charge is 2.23. The van der Waals surface area contributed by atoms with Crippen molar-refractivity contribution in [3.05, 3.63) is 23.8 Å². The molecule has 1 atom stereocenters. The Kier molecular flexibility index (Phi) is 3.92. The molecule has 1 aromatic rings. The van der Waals surface area contributed by atoms with Gasteiger partial charge in [-0.05, 0) is 31.9 Å². The minimum atomic E-state index is 0.664. The maximum Gasteiger partial charge on any atom is 0.165 e. The lowest BCUT2D eigenvalue weighted by Crippen LogP contribution is -2.38. The molecular formula is C16H23NO2. The fourth-order valence-corrected chi connectivity index (χ4v) is 3.21. The van der Waals surface area contributed by atoms with Crippen LogP contribution in [0.25, 0.3) is 0 Å². The molecule has 0 N–H and O–H groups in total. The molecule has 104 valence electrons. The van der Waals surface area contributed by atoms with Gasteiger partial charge in [-0.15, -0.1) is 0 Å². The van der Waals surface area contributed by atoms with E-state index in [1.54, 1.807) is 0 Å². The number of likely N-dealkylation sites (tertiary alicyclic amines) is 1. The molecule has 2 aliphatic rings. The van der Waals surface area contributed by atoms with Gasteiger partial charge in [0.15, 0.2) is 11.5 Å². The van der Waals surface area contributed by atoms with Gasteiger partial charge in [0.1, 0.15) is 13.2 Å². The summed E-state index contributed by atoms with van der Waals surface area (Å²) in [6, 6.07) is 6.99. The molecule has 3 heteroatoms. The molecule has 0 unspecified atom stereocenters. The van der Waals surface area contributed by atoms with Crippen molar-refractivity contribution in [1.29, 1.82) is 0 Å². The molecule has 0 bridgehead atoms. The van der Waals surface area contributed by atoms with E-state index in [4.69, 9.17) is 9.47 Å². The SMILES string of the molecule is CC[C@@H]1CCCCN1Cc1cccc2c1OCCO2. The molecule has 0 amide bonds. The van der Waals surface area contributed by atoms with Crippen molar-refractivity contribution in [2.45, 2.75) is 45.2 Å². The number of fused-ring (bicyclic) bond motifs is 1. The number of para-hydroxylation sites is 1. The van der Waals surface area contributed by atoms with E-state index in [2.05, 4.69) is 24.0 Å². The Labute approximate surface area is 115 Å². The summed E-state index contributed by atoms with van der Waals surface area (Å²) < 4.78 is 11.5. The molecule has 1 aromatic carbocycles. The van der Waals surface area contributed by atoms with Crippen LogP contribution in [0.2, 0.25) is 0 Å². The van der Waals surface area contributed by atoms with Gasteiger partial charge in [0.25, 0.3) is 0 Å². The van der Waals surface area contributed by atoms with Gasteiger partial charge in [-0.1, -0.05) is 25.5 Å². The van der Waals surface area contributed by atoms with E-state index < -0.39 is 0 Å². The second-order valence-corrected chi connectivity index (χ2v) is 5.47. The fraction of sp³-hybridized carbons (Fsp3) is 0.625. The summed E-state index contributed by atoms with van der Waals surface area (Å²) in [6.45, 7) is 5.83. The maximum absolute atomic E-state index is 5.81. The summed E-state index contributed by atoms with van der Waals surface area (Å²) in [5.41, 5.74) is 1.28. The lowest BCUT2D eigenvalue weighted by molar-refractivity contribution is 0.129. The number of benzene rings is 1. The van der Waals surface area contributed by atoms with Crippen LogP contribution in [0.15, 0.2) is 18.2 Å². The average molecular weight is 261 g/mol. The van der Waals surface area contributed by atoms with Crippen LogP contribution in [-0.2, 0) is 6.54 Å². The third-order valence-electron chi connectivity index (χ3n) is 4.24. The average Bonchev–Trinajstić information content (AvgIpc) is 2.48. The van der Waals surface area contributed by atoms with E-state index in [1.807, 2.05) is 6.07 Å². The highest BCUT2D eigenvalue weighted by atomic mass is 16.6. The summed E-state index contributed by atoms with van der Waals surface area (Å²) in [6.07, 6.45) is 5.28. The molecule has 0 aromatic heterocycles. The molecule has 19 heavy (non-hydrogen) atoms. The van der Waals surface area contributed by atoms with Crippen LogP contribution in [0, 0.1) is 0 Å². The summed E-state index contributed by atoms with van der Waals surface area (Å²) in [4.78, 5) is 2.61. The zero-order chi connectivity index (χ0) is 13.1. The number of ether oxygens (including phenoxy) is 2. The van der Waals surface area contributed by atoms with Gasteiger partial charge < -0.3 is 9.47 Å². The Morgan fingerprint density at radius 3 is 3.00 bits per heavy atom. The zero-order valence-electron chi connectivity index (χ0n) is 11.7. The lowest BCUT2D eigenvalue weighted by Gasteiger charge is -2.35. The second-order valence-electron chi connectivity index (χ2n) is 5.47. The standard InChI is InChI=1S/C16H23NO2/c1-2-14-7-3-4-9-17(14)12-13-6-5-8-15-16(13)19-11-10-18-15/h5-6,8,14H,2-4,7,9-12H2,1H3/t14-/m1/s1. The third kappa shape index (κ3) is 2.71. The normalized spacial score (nSPS) is 23.3. The predicted molar refractivity (Wildman–Crippen MR) is 75.8 cm³/mol. The lowest BCUT2D eigenvalue weighted by atomic mass is 9.99. The monoisotopic (exact) mass is 261 g/mol.